The Hall–Kier alpha value is -3.71. The van der Waals surface area contributed by atoms with E-state index in [4.69, 9.17) is 16.0 Å². The Morgan fingerprint density at radius 3 is 2.63 bits per heavy atom. The number of aromatic amines is 1. The first-order chi connectivity index (χ1) is 14.7. The van der Waals surface area contributed by atoms with Gasteiger partial charge in [-0.15, -0.1) is 10.2 Å². The van der Waals surface area contributed by atoms with Gasteiger partial charge in [0, 0.05) is 12.1 Å². The van der Waals surface area contributed by atoms with Gasteiger partial charge in [-0.3, -0.25) is 4.79 Å². The molecule has 30 heavy (non-hydrogen) atoms. The van der Waals surface area contributed by atoms with Crippen LogP contribution in [0, 0.1) is 0 Å². The summed E-state index contributed by atoms with van der Waals surface area (Å²) >= 11 is 6.24. The summed E-state index contributed by atoms with van der Waals surface area (Å²) in [7, 11) is 0. The number of hydrogen-bond acceptors (Lipinski definition) is 5. The van der Waals surface area contributed by atoms with E-state index in [0.29, 0.717) is 29.5 Å². The number of carbonyl (C=O) groups is 1. The van der Waals surface area contributed by atoms with Crippen LogP contribution in [0.4, 0.5) is 0 Å². The molecule has 8 heteroatoms. The van der Waals surface area contributed by atoms with Crippen molar-refractivity contribution >= 4 is 29.2 Å². The average molecular weight is 420 g/mol. The van der Waals surface area contributed by atoms with Crippen LogP contribution in [0.1, 0.15) is 17.1 Å². The van der Waals surface area contributed by atoms with Crippen molar-refractivity contribution < 1.29 is 9.21 Å². The molecule has 150 valence electrons. The zero-order valence-corrected chi connectivity index (χ0v) is 16.6. The molecule has 2 aromatic heterocycles. The van der Waals surface area contributed by atoms with Crippen molar-refractivity contribution in [3.63, 3.8) is 0 Å². The third-order valence-electron chi connectivity index (χ3n) is 4.43. The van der Waals surface area contributed by atoms with Crippen LogP contribution in [0.5, 0.6) is 0 Å². The summed E-state index contributed by atoms with van der Waals surface area (Å²) in [6, 6.07) is 20.9. The second-order valence-electron chi connectivity index (χ2n) is 6.47. The number of nitrogens with zero attached hydrogens (tertiary/aromatic N) is 3. The number of nitrogens with one attached hydrogen (secondary N) is 2. The van der Waals surface area contributed by atoms with E-state index >= 15 is 0 Å². The van der Waals surface area contributed by atoms with Crippen LogP contribution in [0.2, 0.25) is 5.02 Å². The van der Waals surface area contributed by atoms with Gasteiger partial charge in [0.1, 0.15) is 11.5 Å². The molecule has 0 fully saturated rings. The van der Waals surface area contributed by atoms with Crippen LogP contribution in [0.15, 0.2) is 71.1 Å². The number of furan rings is 1. The quantitative estimate of drug-likeness (QED) is 0.441. The number of tetrazole rings is 1. The highest BCUT2D eigenvalue weighted by atomic mass is 35.5. The molecule has 0 aliphatic heterocycles. The molecule has 2 aromatic carbocycles. The van der Waals surface area contributed by atoms with Crippen LogP contribution < -0.4 is 5.32 Å². The van der Waals surface area contributed by atoms with Crippen molar-refractivity contribution in [3.8, 4) is 11.3 Å². The van der Waals surface area contributed by atoms with Crippen LogP contribution in [-0.4, -0.2) is 33.1 Å². The molecule has 0 spiro atoms. The van der Waals surface area contributed by atoms with Crippen molar-refractivity contribution in [2.45, 2.75) is 6.42 Å². The van der Waals surface area contributed by atoms with Gasteiger partial charge < -0.3 is 9.73 Å². The third kappa shape index (κ3) is 4.64. The first kappa shape index (κ1) is 19.6. The van der Waals surface area contributed by atoms with E-state index in [-0.39, 0.29) is 17.3 Å². The van der Waals surface area contributed by atoms with Gasteiger partial charge in [0.2, 0.25) is 5.82 Å². The van der Waals surface area contributed by atoms with Gasteiger partial charge in [0.25, 0.3) is 5.91 Å². The molecular formula is C22H18ClN5O2. The van der Waals surface area contributed by atoms with Gasteiger partial charge in [-0.2, -0.15) is 5.21 Å². The highest BCUT2D eigenvalue weighted by molar-refractivity contribution is 6.33. The smallest absolute Gasteiger partial charge is 0.255 e. The maximum absolute atomic E-state index is 12.8. The van der Waals surface area contributed by atoms with E-state index in [1.54, 1.807) is 24.3 Å². The van der Waals surface area contributed by atoms with Gasteiger partial charge >= 0.3 is 0 Å². The highest BCUT2D eigenvalue weighted by Gasteiger charge is 2.17. The second-order valence-corrected chi connectivity index (χ2v) is 6.87. The fraction of sp³-hybridized carbons (Fsp3) is 0.0909. The monoisotopic (exact) mass is 419 g/mol. The average Bonchev–Trinajstić information content (AvgIpc) is 3.45. The third-order valence-corrected chi connectivity index (χ3v) is 4.76. The number of H-pyrrole nitrogens is 1. The van der Waals surface area contributed by atoms with Gasteiger partial charge in [-0.1, -0.05) is 54.1 Å². The largest absolute Gasteiger partial charge is 0.457 e. The summed E-state index contributed by atoms with van der Waals surface area (Å²) in [6.07, 6.45) is 2.30. The lowest BCUT2D eigenvalue weighted by molar-refractivity contribution is -0.115. The van der Waals surface area contributed by atoms with E-state index in [2.05, 4.69) is 25.9 Å². The Labute approximate surface area is 177 Å². The highest BCUT2D eigenvalue weighted by Crippen LogP contribution is 2.30. The number of rotatable bonds is 7. The van der Waals surface area contributed by atoms with E-state index in [9.17, 15) is 4.79 Å². The Balaban J connectivity index is 1.53. The van der Waals surface area contributed by atoms with Crippen LogP contribution >= 0.6 is 11.6 Å². The number of amides is 1. The van der Waals surface area contributed by atoms with Gasteiger partial charge in [-0.25, -0.2) is 0 Å². The predicted molar refractivity (Wildman–Crippen MR) is 114 cm³/mol. The lowest BCUT2D eigenvalue weighted by atomic mass is 10.1. The van der Waals surface area contributed by atoms with Crippen molar-refractivity contribution in [2.24, 2.45) is 0 Å². The van der Waals surface area contributed by atoms with E-state index in [0.717, 1.165) is 11.1 Å². The van der Waals surface area contributed by atoms with E-state index in [1.807, 2.05) is 48.5 Å². The molecule has 0 aliphatic rings. The molecule has 4 rings (SSSR count). The fourth-order valence-corrected chi connectivity index (χ4v) is 3.18. The molecule has 0 aliphatic carbocycles. The molecule has 2 heterocycles. The van der Waals surface area contributed by atoms with Crippen LogP contribution in [0.25, 0.3) is 23.0 Å². The molecule has 0 unspecified atom stereocenters. The normalized spacial score (nSPS) is 11.4. The zero-order chi connectivity index (χ0) is 20.8. The van der Waals surface area contributed by atoms with Crippen molar-refractivity contribution in [3.05, 3.63) is 88.9 Å². The van der Waals surface area contributed by atoms with E-state index in [1.165, 1.54) is 0 Å². The fourth-order valence-electron chi connectivity index (χ4n) is 2.95. The topological polar surface area (TPSA) is 96.7 Å². The minimum atomic E-state index is -0.317. The van der Waals surface area contributed by atoms with E-state index < -0.39 is 0 Å². The summed E-state index contributed by atoms with van der Waals surface area (Å²) < 4.78 is 5.88. The summed E-state index contributed by atoms with van der Waals surface area (Å²) in [5, 5.41) is 17.3. The molecule has 7 nitrogen and oxygen atoms in total. The minimum absolute atomic E-state index is 0.183. The lowest BCUT2D eigenvalue weighted by Gasteiger charge is -2.06. The van der Waals surface area contributed by atoms with Crippen molar-refractivity contribution in [2.75, 3.05) is 6.54 Å². The van der Waals surface area contributed by atoms with Crippen LogP contribution in [0.3, 0.4) is 0 Å². The second kappa shape index (κ2) is 9.19. The number of benzene rings is 2. The number of hydrogen-bond donors (Lipinski definition) is 2. The molecule has 0 atom stereocenters. The summed E-state index contributed by atoms with van der Waals surface area (Å²) in [6.45, 7) is 0.473. The maximum atomic E-state index is 12.8. The lowest BCUT2D eigenvalue weighted by Crippen LogP contribution is -2.27. The van der Waals surface area contributed by atoms with Gasteiger partial charge in [-0.05, 0) is 47.5 Å². The predicted octanol–water partition coefficient (Wildman–Crippen LogP) is 4.01. The Morgan fingerprint density at radius 1 is 1.07 bits per heavy atom. The molecule has 0 saturated heterocycles. The van der Waals surface area contributed by atoms with Crippen LogP contribution in [-0.2, 0) is 11.2 Å². The van der Waals surface area contributed by atoms with Crippen molar-refractivity contribution in [1.82, 2.24) is 25.9 Å². The summed E-state index contributed by atoms with van der Waals surface area (Å²) in [5.41, 5.74) is 2.16. The van der Waals surface area contributed by atoms with Gasteiger partial charge in [0.15, 0.2) is 0 Å². The number of halogens is 1. The van der Waals surface area contributed by atoms with Gasteiger partial charge in [0.05, 0.1) is 10.6 Å². The summed E-state index contributed by atoms with van der Waals surface area (Å²) in [5.74, 6) is 0.942. The molecule has 0 bridgehead atoms. The van der Waals surface area contributed by atoms with Crippen molar-refractivity contribution in [1.29, 1.82) is 0 Å². The zero-order valence-electron chi connectivity index (χ0n) is 15.9. The molecule has 2 N–H and O–H groups in total. The maximum Gasteiger partial charge on any atom is 0.255 e. The Bertz CT molecular complexity index is 1150. The number of aromatic nitrogens is 4. The number of carbonyl (C=O) groups excluding carboxylic acids is 1. The minimum Gasteiger partial charge on any atom is -0.457 e. The first-order valence-corrected chi connectivity index (χ1v) is 9.71. The molecular weight excluding hydrogens is 402 g/mol. The Morgan fingerprint density at radius 2 is 1.87 bits per heavy atom. The molecule has 0 saturated carbocycles. The molecule has 0 radical (unpaired) electrons. The summed E-state index contributed by atoms with van der Waals surface area (Å²) in [4.78, 5) is 12.8. The first-order valence-electron chi connectivity index (χ1n) is 9.33. The molecule has 4 aromatic rings. The SMILES string of the molecule is O=C(NCCc1ccccc1)/C(=C/c1ccc(-c2ccccc2Cl)o1)c1nn[nH]n1. The Kier molecular flexibility index (Phi) is 6.01. The molecule has 1 amide bonds. The standard InChI is InChI=1S/C22H18ClN5O2/c23-19-9-5-4-8-17(19)20-11-10-16(30-20)14-18(21-25-27-28-26-21)22(29)24-13-12-15-6-2-1-3-7-15/h1-11,14H,12-13H2,(H,24,29)(H,25,26,27,28)/b18-14+.